The predicted octanol–water partition coefficient (Wildman–Crippen LogP) is 4.16. The second-order valence-corrected chi connectivity index (χ2v) is 4.21. The molecule has 0 amide bonds. The first-order valence-corrected chi connectivity index (χ1v) is 5.95. The van der Waals surface area contributed by atoms with E-state index < -0.39 is 0 Å². The van der Waals surface area contributed by atoms with Crippen molar-refractivity contribution in [2.24, 2.45) is 0 Å². The molecule has 1 aromatic carbocycles. The quantitative estimate of drug-likeness (QED) is 0.695. The van der Waals surface area contributed by atoms with Crippen molar-refractivity contribution in [2.75, 3.05) is 6.61 Å². The molecule has 0 saturated carbocycles. The van der Waals surface area contributed by atoms with Crippen molar-refractivity contribution in [3.05, 3.63) is 34.3 Å². The van der Waals surface area contributed by atoms with Gasteiger partial charge in [-0.05, 0) is 18.1 Å². The Morgan fingerprint density at radius 2 is 2.00 bits per heavy atom. The highest BCUT2D eigenvalue weighted by Gasteiger charge is 1.97. The minimum Gasteiger partial charge on any atom is -0.377 e. The molecule has 1 rings (SSSR count). The van der Waals surface area contributed by atoms with E-state index >= 15 is 0 Å². The van der Waals surface area contributed by atoms with Crippen LogP contribution in [0.3, 0.4) is 0 Å². The molecule has 0 atom stereocenters. The Bertz CT molecular complexity index is 260. The van der Waals surface area contributed by atoms with Crippen molar-refractivity contribution in [1.29, 1.82) is 0 Å². The van der Waals surface area contributed by atoms with Crippen LogP contribution in [0.2, 0.25) is 0 Å². The van der Waals surface area contributed by atoms with Crippen LogP contribution in [-0.2, 0) is 11.3 Å². The van der Waals surface area contributed by atoms with Crippen LogP contribution in [0, 0.1) is 0 Å². The zero-order chi connectivity index (χ0) is 10.2. The second kappa shape index (κ2) is 7.02. The van der Waals surface area contributed by atoms with Crippen LogP contribution in [0.1, 0.15) is 31.7 Å². The minimum absolute atomic E-state index is 0.713. The third kappa shape index (κ3) is 4.25. The number of ether oxygens (including phenoxy) is 1. The highest BCUT2D eigenvalue weighted by Crippen LogP contribution is 2.16. The van der Waals surface area contributed by atoms with Gasteiger partial charge in [0.2, 0.25) is 0 Å². The van der Waals surface area contributed by atoms with Crippen molar-refractivity contribution in [3.63, 3.8) is 0 Å². The summed E-state index contributed by atoms with van der Waals surface area (Å²) in [6, 6.07) is 8.19. The smallest absolute Gasteiger partial charge is 0.0727 e. The van der Waals surface area contributed by atoms with Gasteiger partial charge < -0.3 is 4.74 Å². The van der Waals surface area contributed by atoms with Crippen LogP contribution >= 0.6 is 15.9 Å². The number of rotatable bonds is 6. The molecule has 0 aromatic heterocycles. The second-order valence-electron chi connectivity index (χ2n) is 3.35. The molecule has 0 saturated heterocycles. The Morgan fingerprint density at radius 3 is 2.71 bits per heavy atom. The van der Waals surface area contributed by atoms with Crippen molar-refractivity contribution >= 4 is 15.9 Å². The number of hydrogen-bond donors (Lipinski definition) is 0. The van der Waals surface area contributed by atoms with Gasteiger partial charge >= 0.3 is 0 Å². The maximum absolute atomic E-state index is 5.57. The Kier molecular flexibility index (Phi) is 5.88. The van der Waals surface area contributed by atoms with E-state index in [9.17, 15) is 0 Å². The van der Waals surface area contributed by atoms with Crippen LogP contribution in [-0.4, -0.2) is 6.61 Å². The summed E-state index contributed by atoms with van der Waals surface area (Å²) >= 11 is 3.50. The molecular formula is C12H17BrO. The van der Waals surface area contributed by atoms with E-state index in [1.807, 2.05) is 18.2 Å². The van der Waals surface area contributed by atoms with Gasteiger partial charge in [-0.3, -0.25) is 0 Å². The molecule has 78 valence electrons. The lowest BCUT2D eigenvalue weighted by atomic mass is 10.2. The van der Waals surface area contributed by atoms with Crippen molar-refractivity contribution in [2.45, 2.75) is 32.8 Å². The first kappa shape index (κ1) is 11.7. The summed E-state index contributed by atoms with van der Waals surface area (Å²) in [6.45, 7) is 3.79. The highest BCUT2D eigenvalue weighted by atomic mass is 79.9. The van der Waals surface area contributed by atoms with Gasteiger partial charge in [-0.1, -0.05) is 53.9 Å². The monoisotopic (exact) mass is 256 g/mol. The summed E-state index contributed by atoms with van der Waals surface area (Å²) in [6.07, 6.45) is 3.68. The molecule has 0 radical (unpaired) electrons. The van der Waals surface area contributed by atoms with Gasteiger partial charge in [0, 0.05) is 11.1 Å². The Morgan fingerprint density at radius 1 is 1.21 bits per heavy atom. The molecule has 0 N–H and O–H groups in total. The molecule has 14 heavy (non-hydrogen) atoms. The Hall–Kier alpha value is -0.340. The number of benzene rings is 1. The van der Waals surface area contributed by atoms with Crippen LogP contribution in [0.5, 0.6) is 0 Å². The van der Waals surface area contributed by atoms with E-state index in [0.29, 0.717) is 6.61 Å². The Balaban J connectivity index is 2.21. The molecule has 0 fully saturated rings. The summed E-state index contributed by atoms with van der Waals surface area (Å²) in [5, 5.41) is 0. The maximum atomic E-state index is 5.57. The summed E-state index contributed by atoms with van der Waals surface area (Å²) in [4.78, 5) is 0. The summed E-state index contributed by atoms with van der Waals surface area (Å²) in [5.74, 6) is 0. The van der Waals surface area contributed by atoms with E-state index in [1.165, 1.54) is 24.8 Å². The van der Waals surface area contributed by atoms with E-state index in [1.54, 1.807) is 0 Å². The number of unbranched alkanes of at least 4 members (excludes halogenated alkanes) is 2. The Labute approximate surface area is 94.6 Å². The van der Waals surface area contributed by atoms with Crippen molar-refractivity contribution in [3.8, 4) is 0 Å². The van der Waals surface area contributed by atoms with Gasteiger partial charge in [-0.2, -0.15) is 0 Å². The van der Waals surface area contributed by atoms with Gasteiger partial charge in [-0.15, -0.1) is 0 Å². The lowest BCUT2D eigenvalue weighted by Crippen LogP contribution is -1.95. The SMILES string of the molecule is CCCCCOCc1ccccc1Br. The summed E-state index contributed by atoms with van der Waals surface area (Å²) < 4.78 is 6.71. The fraction of sp³-hybridized carbons (Fsp3) is 0.500. The lowest BCUT2D eigenvalue weighted by molar-refractivity contribution is 0.116. The standard InChI is InChI=1S/C12H17BrO/c1-2-3-6-9-14-10-11-7-4-5-8-12(11)13/h4-5,7-8H,2-3,6,9-10H2,1H3. The molecular weight excluding hydrogens is 240 g/mol. The fourth-order valence-electron chi connectivity index (χ4n) is 1.25. The molecule has 2 heteroatoms. The molecule has 0 heterocycles. The van der Waals surface area contributed by atoms with Gasteiger partial charge in [0.15, 0.2) is 0 Å². The van der Waals surface area contributed by atoms with E-state index in [0.717, 1.165) is 11.1 Å². The van der Waals surface area contributed by atoms with Crippen molar-refractivity contribution in [1.82, 2.24) is 0 Å². The third-order valence-corrected chi connectivity index (χ3v) is 2.88. The van der Waals surface area contributed by atoms with Crippen LogP contribution in [0.25, 0.3) is 0 Å². The summed E-state index contributed by atoms with van der Waals surface area (Å²) in [5.41, 5.74) is 1.23. The van der Waals surface area contributed by atoms with Crippen LogP contribution in [0.15, 0.2) is 28.7 Å². The number of hydrogen-bond acceptors (Lipinski definition) is 1. The molecule has 0 unspecified atom stereocenters. The van der Waals surface area contributed by atoms with E-state index in [-0.39, 0.29) is 0 Å². The highest BCUT2D eigenvalue weighted by molar-refractivity contribution is 9.10. The van der Waals surface area contributed by atoms with Gasteiger partial charge in [0.1, 0.15) is 0 Å². The van der Waals surface area contributed by atoms with E-state index in [4.69, 9.17) is 4.74 Å². The molecule has 0 aliphatic heterocycles. The number of halogens is 1. The predicted molar refractivity (Wildman–Crippen MR) is 63.3 cm³/mol. The first-order chi connectivity index (χ1) is 6.84. The third-order valence-electron chi connectivity index (χ3n) is 2.11. The zero-order valence-electron chi connectivity index (χ0n) is 8.63. The van der Waals surface area contributed by atoms with Crippen LogP contribution < -0.4 is 0 Å². The topological polar surface area (TPSA) is 9.23 Å². The lowest BCUT2D eigenvalue weighted by Gasteiger charge is -2.05. The van der Waals surface area contributed by atoms with Gasteiger partial charge in [0.05, 0.1) is 6.61 Å². The largest absolute Gasteiger partial charge is 0.377 e. The fourth-order valence-corrected chi connectivity index (χ4v) is 1.65. The average Bonchev–Trinajstić information content (AvgIpc) is 2.20. The maximum Gasteiger partial charge on any atom is 0.0727 e. The van der Waals surface area contributed by atoms with Crippen LogP contribution in [0.4, 0.5) is 0 Å². The molecule has 1 aromatic rings. The molecule has 0 aliphatic rings. The normalized spacial score (nSPS) is 10.4. The minimum atomic E-state index is 0.713. The summed E-state index contributed by atoms with van der Waals surface area (Å²) in [7, 11) is 0. The molecule has 0 aliphatic carbocycles. The average molecular weight is 257 g/mol. The van der Waals surface area contributed by atoms with Crippen molar-refractivity contribution < 1.29 is 4.74 Å². The molecule has 0 spiro atoms. The zero-order valence-corrected chi connectivity index (χ0v) is 10.2. The molecule has 1 nitrogen and oxygen atoms in total. The van der Waals surface area contributed by atoms with Gasteiger partial charge in [-0.25, -0.2) is 0 Å². The van der Waals surface area contributed by atoms with E-state index in [2.05, 4.69) is 28.9 Å². The van der Waals surface area contributed by atoms with Gasteiger partial charge in [0.25, 0.3) is 0 Å². The molecule has 0 bridgehead atoms. The first-order valence-electron chi connectivity index (χ1n) is 5.15.